The summed E-state index contributed by atoms with van der Waals surface area (Å²) < 4.78 is 0. The summed E-state index contributed by atoms with van der Waals surface area (Å²) in [6, 6.07) is 7.17. The van der Waals surface area contributed by atoms with Crippen molar-refractivity contribution < 1.29 is 14.4 Å². The first-order valence-corrected chi connectivity index (χ1v) is 10.6. The zero-order valence-electron chi connectivity index (χ0n) is 17.3. The number of para-hydroxylation sites is 1. The predicted octanol–water partition coefficient (Wildman–Crippen LogP) is 1.83. The third-order valence-corrected chi connectivity index (χ3v) is 6.46. The Morgan fingerprint density at radius 2 is 1.93 bits per heavy atom. The number of amides is 3. The van der Waals surface area contributed by atoms with Gasteiger partial charge >= 0.3 is 0 Å². The molecule has 7 nitrogen and oxygen atoms in total. The lowest BCUT2D eigenvalue weighted by Gasteiger charge is -2.48. The molecule has 0 aliphatic carbocycles. The van der Waals surface area contributed by atoms with Crippen molar-refractivity contribution in [2.24, 2.45) is 5.92 Å². The molecule has 2 saturated heterocycles. The fraction of sp³-hybridized carbons (Fsp3) is 0.591. The summed E-state index contributed by atoms with van der Waals surface area (Å²) in [4.78, 5) is 44.2. The Labute approximate surface area is 172 Å². The van der Waals surface area contributed by atoms with Crippen LogP contribution in [0.2, 0.25) is 0 Å². The molecule has 2 atom stereocenters. The molecule has 1 aromatic rings. The van der Waals surface area contributed by atoms with E-state index in [-0.39, 0.29) is 24.3 Å². The molecule has 2 fully saturated rings. The molecule has 3 heterocycles. The van der Waals surface area contributed by atoms with E-state index < -0.39 is 5.66 Å². The molecule has 3 amide bonds. The minimum atomic E-state index is -0.791. The van der Waals surface area contributed by atoms with Crippen LogP contribution in [0, 0.1) is 5.92 Å². The van der Waals surface area contributed by atoms with Crippen LogP contribution in [-0.4, -0.2) is 65.9 Å². The second-order valence-electron chi connectivity index (χ2n) is 8.77. The van der Waals surface area contributed by atoms with Crippen LogP contribution in [-0.2, 0) is 9.59 Å². The van der Waals surface area contributed by atoms with Crippen LogP contribution in [0.5, 0.6) is 0 Å². The van der Waals surface area contributed by atoms with Crippen molar-refractivity contribution in [3.63, 3.8) is 0 Å². The van der Waals surface area contributed by atoms with E-state index in [4.69, 9.17) is 0 Å². The smallest absolute Gasteiger partial charge is 0.258 e. The number of fused-ring (bicyclic) bond motifs is 3. The van der Waals surface area contributed by atoms with E-state index >= 15 is 0 Å². The second kappa shape index (κ2) is 7.78. The number of hydrogen-bond acceptors (Lipinski definition) is 4. The Kier molecular flexibility index (Phi) is 5.34. The molecule has 29 heavy (non-hydrogen) atoms. The summed E-state index contributed by atoms with van der Waals surface area (Å²) in [6.45, 7) is 7.84. The number of carbonyl (C=O) groups is 3. The van der Waals surface area contributed by atoms with Crippen molar-refractivity contribution in [2.45, 2.75) is 45.2 Å². The normalized spacial score (nSPS) is 25.2. The van der Waals surface area contributed by atoms with E-state index in [1.165, 1.54) is 12.8 Å². The van der Waals surface area contributed by atoms with Gasteiger partial charge in [0.25, 0.3) is 5.91 Å². The molecule has 2 unspecified atom stereocenters. The largest absolute Gasteiger partial charge is 0.354 e. The Bertz CT molecular complexity index is 820. The third kappa shape index (κ3) is 3.64. The van der Waals surface area contributed by atoms with Crippen molar-refractivity contribution in [3.8, 4) is 0 Å². The zero-order chi connectivity index (χ0) is 20.6. The van der Waals surface area contributed by atoms with Gasteiger partial charge in [0, 0.05) is 19.5 Å². The van der Waals surface area contributed by atoms with Crippen LogP contribution in [0.4, 0.5) is 5.69 Å². The molecule has 3 aliphatic rings. The molecule has 0 radical (unpaired) electrons. The van der Waals surface area contributed by atoms with Crippen LogP contribution < -0.4 is 10.2 Å². The summed E-state index contributed by atoms with van der Waals surface area (Å²) in [7, 11) is 0. The maximum Gasteiger partial charge on any atom is 0.258 e. The van der Waals surface area contributed by atoms with Gasteiger partial charge in [-0.2, -0.15) is 0 Å². The summed E-state index contributed by atoms with van der Waals surface area (Å²) in [5.41, 5.74) is 0.343. The van der Waals surface area contributed by atoms with Gasteiger partial charge in [-0.15, -0.1) is 0 Å². The number of nitrogens with zero attached hydrogens (tertiary/aromatic N) is 3. The van der Waals surface area contributed by atoms with Gasteiger partial charge in [0.1, 0.15) is 12.2 Å². The van der Waals surface area contributed by atoms with Gasteiger partial charge in [-0.05, 0) is 57.3 Å². The molecule has 1 aromatic carbocycles. The van der Waals surface area contributed by atoms with Gasteiger partial charge in [-0.3, -0.25) is 19.3 Å². The van der Waals surface area contributed by atoms with Crippen LogP contribution in [0.15, 0.2) is 24.3 Å². The number of nitrogens with one attached hydrogen (secondary N) is 1. The number of anilines is 1. The average molecular weight is 399 g/mol. The van der Waals surface area contributed by atoms with Crippen LogP contribution in [0.25, 0.3) is 0 Å². The first-order chi connectivity index (χ1) is 13.9. The molecule has 7 heteroatoms. The average Bonchev–Trinajstić information content (AvgIpc) is 3.32. The highest BCUT2D eigenvalue weighted by atomic mass is 16.2. The predicted molar refractivity (Wildman–Crippen MR) is 110 cm³/mol. The minimum absolute atomic E-state index is 0.00269. The molecule has 3 aliphatic heterocycles. The summed E-state index contributed by atoms with van der Waals surface area (Å²) in [6.07, 6.45) is 3.42. The SMILES string of the molecule is CC(CNC(=O)CN1C(=O)c2ccccc2N2C(=O)CCC12C)CN1CCCC1. The number of benzene rings is 1. The molecular formula is C22H30N4O3. The van der Waals surface area contributed by atoms with Gasteiger partial charge in [0.15, 0.2) is 0 Å². The first kappa shape index (κ1) is 19.9. The molecular weight excluding hydrogens is 368 g/mol. The first-order valence-electron chi connectivity index (χ1n) is 10.6. The summed E-state index contributed by atoms with van der Waals surface area (Å²) >= 11 is 0. The summed E-state index contributed by atoms with van der Waals surface area (Å²) in [5.74, 6) is -0.00656. The Hall–Kier alpha value is -2.41. The third-order valence-electron chi connectivity index (χ3n) is 6.46. The van der Waals surface area contributed by atoms with Gasteiger partial charge in [-0.25, -0.2) is 0 Å². The molecule has 0 spiro atoms. The number of rotatable bonds is 6. The van der Waals surface area contributed by atoms with Crippen LogP contribution >= 0.6 is 0 Å². The van der Waals surface area contributed by atoms with Gasteiger partial charge in [0.05, 0.1) is 11.3 Å². The highest BCUT2D eigenvalue weighted by molar-refractivity contribution is 6.11. The Morgan fingerprint density at radius 1 is 1.21 bits per heavy atom. The molecule has 0 aromatic heterocycles. The van der Waals surface area contributed by atoms with Crippen LogP contribution in [0.3, 0.4) is 0 Å². The van der Waals surface area contributed by atoms with Crippen molar-refractivity contribution in [1.29, 1.82) is 0 Å². The van der Waals surface area contributed by atoms with E-state index in [0.29, 0.717) is 36.6 Å². The Balaban J connectivity index is 1.44. The maximum absolute atomic E-state index is 13.2. The van der Waals surface area contributed by atoms with Gasteiger partial charge in [-0.1, -0.05) is 19.1 Å². The topological polar surface area (TPSA) is 73.0 Å². The van der Waals surface area contributed by atoms with Gasteiger partial charge in [0.2, 0.25) is 11.8 Å². The van der Waals surface area contributed by atoms with E-state index in [1.54, 1.807) is 21.9 Å². The van der Waals surface area contributed by atoms with Crippen molar-refractivity contribution in [2.75, 3.05) is 37.6 Å². The number of likely N-dealkylation sites (tertiary alicyclic amines) is 1. The van der Waals surface area contributed by atoms with Crippen molar-refractivity contribution in [1.82, 2.24) is 15.1 Å². The fourth-order valence-corrected chi connectivity index (χ4v) is 4.90. The lowest BCUT2D eigenvalue weighted by molar-refractivity contribution is -0.124. The van der Waals surface area contributed by atoms with Crippen molar-refractivity contribution in [3.05, 3.63) is 29.8 Å². The standard InChI is InChI=1S/C22H30N4O3/c1-16(14-24-11-5-6-12-24)13-23-19(27)15-25-21(29)17-7-3-4-8-18(17)26-20(28)9-10-22(25,26)2/h3-4,7-8,16H,5-6,9-15H2,1-2H3,(H,23,27). The Morgan fingerprint density at radius 3 is 2.69 bits per heavy atom. The zero-order valence-corrected chi connectivity index (χ0v) is 17.3. The monoisotopic (exact) mass is 398 g/mol. The quantitative estimate of drug-likeness (QED) is 0.794. The summed E-state index contributed by atoms with van der Waals surface area (Å²) in [5, 5.41) is 2.99. The van der Waals surface area contributed by atoms with Gasteiger partial charge < -0.3 is 15.1 Å². The maximum atomic E-state index is 13.2. The van der Waals surface area contributed by atoms with E-state index in [2.05, 4.69) is 17.1 Å². The molecule has 4 rings (SSSR count). The minimum Gasteiger partial charge on any atom is -0.354 e. The lowest BCUT2D eigenvalue weighted by Crippen LogP contribution is -2.64. The molecule has 1 N–H and O–H groups in total. The van der Waals surface area contributed by atoms with Crippen LogP contribution in [0.1, 0.15) is 49.9 Å². The fourth-order valence-electron chi connectivity index (χ4n) is 4.90. The molecule has 0 saturated carbocycles. The second-order valence-corrected chi connectivity index (χ2v) is 8.77. The van der Waals surface area contributed by atoms with E-state index in [0.717, 1.165) is 19.6 Å². The lowest BCUT2D eigenvalue weighted by atomic mass is 9.98. The molecule has 0 bridgehead atoms. The number of carbonyl (C=O) groups excluding carboxylic acids is 3. The van der Waals surface area contributed by atoms with E-state index in [1.807, 2.05) is 19.1 Å². The van der Waals surface area contributed by atoms with Crippen molar-refractivity contribution >= 4 is 23.4 Å². The molecule has 156 valence electrons. The highest BCUT2D eigenvalue weighted by Crippen LogP contribution is 2.43. The van der Waals surface area contributed by atoms with E-state index in [9.17, 15) is 14.4 Å². The number of hydrogen-bond donors (Lipinski definition) is 1. The highest BCUT2D eigenvalue weighted by Gasteiger charge is 2.53.